The van der Waals surface area contributed by atoms with Gasteiger partial charge >= 0.3 is 0 Å². The Morgan fingerprint density at radius 1 is 1.11 bits per heavy atom. The van der Waals surface area contributed by atoms with Crippen LogP contribution in [0.2, 0.25) is 5.02 Å². The Morgan fingerprint density at radius 3 is 2.44 bits per heavy atom. The largest absolute Gasteiger partial charge is 0.207 e. The molecule has 0 aliphatic carbocycles. The van der Waals surface area contributed by atoms with E-state index in [9.17, 15) is 8.78 Å². The minimum atomic E-state index is -0.585. The monoisotopic (exact) mass is 330 g/mol. The summed E-state index contributed by atoms with van der Waals surface area (Å²) in [4.78, 5) is -0.351. The van der Waals surface area contributed by atoms with Crippen LogP contribution in [0.5, 0.6) is 0 Å². The Morgan fingerprint density at radius 2 is 1.83 bits per heavy atom. The van der Waals surface area contributed by atoms with Gasteiger partial charge in [-0.05, 0) is 36.2 Å². The molecule has 0 aliphatic heterocycles. The summed E-state index contributed by atoms with van der Waals surface area (Å²) in [6.07, 6.45) is 0. The number of hydrogen-bond acceptors (Lipinski definition) is 0. The highest BCUT2D eigenvalue weighted by Crippen LogP contribution is 2.34. The Hall–Kier alpha value is -0.930. The van der Waals surface area contributed by atoms with Crippen LogP contribution in [0, 0.1) is 18.6 Å². The van der Waals surface area contributed by atoms with E-state index in [4.69, 9.17) is 11.6 Å². The summed E-state index contributed by atoms with van der Waals surface area (Å²) >= 11 is 9.39. The highest BCUT2D eigenvalue weighted by atomic mass is 79.9. The normalized spacial score (nSPS) is 12.5. The Kier molecular flexibility index (Phi) is 4.03. The number of rotatable bonds is 2. The molecule has 0 saturated carbocycles. The van der Waals surface area contributed by atoms with Gasteiger partial charge in [0.1, 0.15) is 11.6 Å². The van der Waals surface area contributed by atoms with Crippen molar-refractivity contribution in [1.82, 2.24) is 0 Å². The minimum Gasteiger partial charge on any atom is -0.207 e. The minimum absolute atomic E-state index is 0.351. The molecule has 2 aromatic rings. The molecule has 0 N–H and O–H groups in total. The van der Waals surface area contributed by atoms with Gasteiger partial charge in [0.15, 0.2) is 0 Å². The predicted molar refractivity (Wildman–Crippen MR) is 73.3 cm³/mol. The second kappa shape index (κ2) is 5.37. The maximum atomic E-state index is 13.7. The Labute approximate surface area is 118 Å². The average Bonchev–Trinajstić information content (AvgIpc) is 2.26. The SMILES string of the molecule is Cc1cc(Cl)cc(C(Br)c2ccc(F)cc2F)c1. The van der Waals surface area contributed by atoms with Crippen molar-refractivity contribution >= 4 is 27.5 Å². The molecule has 0 spiro atoms. The van der Waals surface area contributed by atoms with Gasteiger partial charge in [-0.2, -0.15) is 0 Å². The quantitative estimate of drug-likeness (QED) is 0.645. The van der Waals surface area contributed by atoms with Gasteiger partial charge in [-0.15, -0.1) is 0 Å². The summed E-state index contributed by atoms with van der Waals surface area (Å²) in [6.45, 7) is 1.91. The number of alkyl halides is 1. The second-order valence-electron chi connectivity index (χ2n) is 4.09. The zero-order valence-electron chi connectivity index (χ0n) is 9.55. The summed E-state index contributed by atoms with van der Waals surface area (Å²) in [5.74, 6) is -1.16. The van der Waals surface area contributed by atoms with E-state index in [1.807, 2.05) is 19.1 Å². The molecule has 18 heavy (non-hydrogen) atoms. The molecule has 0 bridgehead atoms. The number of hydrogen-bond donors (Lipinski definition) is 0. The summed E-state index contributed by atoms with van der Waals surface area (Å²) in [5, 5.41) is 0.594. The second-order valence-corrected chi connectivity index (χ2v) is 5.44. The maximum Gasteiger partial charge on any atom is 0.130 e. The van der Waals surface area contributed by atoms with Crippen LogP contribution in [0.15, 0.2) is 36.4 Å². The zero-order valence-corrected chi connectivity index (χ0v) is 11.9. The van der Waals surface area contributed by atoms with Crippen LogP contribution in [0.1, 0.15) is 21.5 Å². The lowest BCUT2D eigenvalue weighted by molar-refractivity contribution is 0.574. The fourth-order valence-electron chi connectivity index (χ4n) is 1.80. The van der Waals surface area contributed by atoms with Gasteiger partial charge in [0.25, 0.3) is 0 Å². The summed E-state index contributed by atoms with van der Waals surface area (Å²) in [5.41, 5.74) is 2.22. The van der Waals surface area contributed by atoms with Crippen LogP contribution < -0.4 is 0 Å². The van der Waals surface area contributed by atoms with Crippen molar-refractivity contribution < 1.29 is 8.78 Å². The van der Waals surface area contributed by atoms with Crippen molar-refractivity contribution in [3.05, 3.63) is 69.7 Å². The topological polar surface area (TPSA) is 0 Å². The number of halogens is 4. The van der Waals surface area contributed by atoms with Gasteiger partial charge in [-0.1, -0.05) is 39.7 Å². The van der Waals surface area contributed by atoms with Gasteiger partial charge in [-0.25, -0.2) is 8.78 Å². The fourth-order valence-corrected chi connectivity index (χ4v) is 2.73. The lowest BCUT2D eigenvalue weighted by Crippen LogP contribution is -1.98. The first kappa shape index (κ1) is 13.5. The number of aryl methyl sites for hydroxylation is 1. The maximum absolute atomic E-state index is 13.7. The first-order valence-corrected chi connectivity index (χ1v) is 6.63. The molecule has 0 nitrogen and oxygen atoms in total. The first-order chi connectivity index (χ1) is 8.47. The third-order valence-electron chi connectivity index (χ3n) is 2.59. The van der Waals surface area contributed by atoms with E-state index >= 15 is 0 Å². The lowest BCUT2D eigenvalue weighted by Gasteiger charge is -2.13. The molecule has 0 fully saturated rings. The van der Waals surface area contributed by atoms with Crippen molar-refractivity contribution in [3.8, 4) is 0 Å². The highest BCUT2D eigenvalue weighted by molar-refractivity contribution is 9.09. The molecular formula is C14H10BrClF2. The summed E-state index contributed by atoms with van der Waals surface area (Å²) < 4.78 is 26.5. The van der Waals surface area contributed by atoms with E-state index in [2.05, 4.69) is 15.9 Å². The molecule has 4 heteroatoms. The van der Waals surface area contributed by atoms with Crippen LogP contribution >= 0.6 is 27.5 Å². The fraction of sp³-hybridized carbons (Fsp3) is 0.143. The van der Waals surface area contributed by atoms with Crippen molar-refractivity contribution in [3.63, 3.8) is 0 Å². The van der Waals surface area contributed by atoms with Gasteiger partial charge in [0.05, 0.1) is 4.83 Å². The molecule has 0 heterocycles. The van der Waals surface area contributed by atoms with Gasteiger partial charge in [0.2, 0.25) is 0 Å². The number of benzene rings is 2. The van der Waals surface area contributed by atoms with Gasteiger partial charge < -0.3 is 0 Å². The molecule has 0 saturated heterocycles. The summed E-state index contributed by atoms with van der Waals surface area (Å²) in [7, 11) is 0. The Bertz CT molecular complexity index is 564. The van der Waals surface area contributed by atoms with E-state index in [1.54, 1.807) is 6.07 Å². The highest BCUT2D eigenvalue weighted by Gasteiger charge is 2.16. The van der Waals surface area contributed by atoms with E-state index in [-0.39, 0.29) is 4.83 Å². The Balaban J connectivity index is 2.44. The average molecular weight is 332 g/mol. The van der Waals surface area contributed by atoms with E-state index in [0.717, 1.165) is 17.2 Å². The molecule has 0 amide bonds. The molecule has 94 valence electrons. The van der Waals surface area contributed by atoms with Crippen LogP contribution in [0.25, 0.3) is 0 Å². The first-order valence-electron chi connectivity index (χ1n) is 5.33. The van der Waals surface area contributed by atoms with Crippen molar-refractivity contribution in [2.24, 2.45) is 0 Å². The molecule has 1 unspecified atom stereocenters. The van der Waals surface area contributed by atoms with Crippen LogP contribution in [0.4, 0.5) is 8.78 Å². The molecule has 2 rings (SSSR count). The standard InChI is InChI=1S/C14H10BrClF2/c1-8-4-9(6-10(16)5-8)14(15)12-3-2-11(17)7-13(12)18/h2-7,14H,1H3. The molecule has 1 atom stereocenters. The smallest absolute Gasteiger partial charge is 0.130 e. The van der Waals surface area contributed by atoms with Crippen LogP contribution in [-0.4, -0.2) is 0 Å². The van der Waals surface area contributed by atoms with E-state index in [0.29, 0.717) is 10.6 Å². The third kappa shape index (κ3) is 2.90. The molecule has 0 radical (unpaired) electrons. The van der Waals surface area contributed by atoms with E-state index < -0.39 is 11.6 Å². The van der Waals surface area contributed by atoms with Crippen molar-refractivity contribution in [1.29, 1.82) is 0 Å². The van der Waals surface area contributed by atoms with Crippen molar-refractivity contribution in [2.45, 2.75) is 11.8 Å². The van der Waals surface area contributed by atoms with Gasteiger partial charge in [-0.3, -0.25) is 0 Å². The third-order valence-corrected chi connectivity index (χ3v) is 3.83. The predicted octanol–water partition coefficient (Wildman–Crippen LogP) is 5.41. The van der Waals surface area contributed by atoms with Crippen LogP contribution in [-0.2, 0) is 0 Å². The molecular weight excluding hydrogens is 322 g/mol. The van der Waals surface area contributed by atoms with Crippen LogP contribution in [0.3, 0.4) is 0 Å². The lowest BCUT2D eigenvalue weighted by atomic mass is 10.0. The van der Waals surface area contributed by atoms with Gasteiger partial charge in [0, 0.05) is 16.7 Å². The molecule has 0 aliphatic rings. The van der Waals surface area contributed by atoms with Crippen molar-refractivity contribution in [2.75, 3.05) is 0 Å². The summed E-state index contributed by atoms with van der Waals surface area (Å²) in [6, 6.07) is 9.04. The molecule has 2 aromatic carbocycles. The van der Waals surface area contributed by atoms with E-state index in [1.165, 1.54) is 12.1 Å². The molecule has 0 aromatic heterocycles. The zero-order chi connectivity index (χ0) is 13.3.